The molecule has 2 heterocycles. The van der Waals surface area contributed by atoms with E-state index >= 15 is 0 Å². The van der Waals surface area contributed by atoms with Crippen LogP contribution in [0.2, 0.25) is 5.02 Å². The first-order valence-corrected chi connectivity index (χ1v) is 7.77. The molecule has 0 saturated heterocycles. The summed E-state index contributed by atoms with van der Waals surface area (Å²) in [5.74, 6) is 0.599. The zero-order valence-corrected chi connectivity index (χ0v) is 13.9. The molecule has 0 spiro atoms. The molecule has 8 heteroatoms. The normalized spacial score (nSPS) is 11.6. The minimum absolute atomic E-state index is 0.345. The molecule has 1 aromatic carbocycles. The fourth-order valence-corrected chi connectivity index (χ4v) is 2.56. The number of anilines is 1. The lowest BCUT2D eigenvalue weighted by Gasteiger charge is -2.08. The van der Waals surface area contributed by atoms with Gasteiger partial charge in [0, 0.05) is 30.4 Å². The third-order valence-corrected chi connectivity index (χ3v) is 4.02. The Kier molecular flexibility index (Phi) is 4.67. The Balaban J connectivity index is 1.75. The van der Waals surface area contributed by atoms with Crippen molar-refractivity contribution in [3.8, 4) is 11.3 Å². The number of aromatic nitrogens is 3. The Morgan fingerprint density at radius 2 is 1.92 bits per heavy atom. The van der Waals surface area contributed by atoms with Crippen LogP contribution in [0.25, 0.3) is 11.3 Å². The van der Waals surface area contributed by atoms with E-state index in [-0.39, 0.29) is 0 Å². The summed E-state index contributed by atoms with van der Waals surface area (Å²) in [5, 5.41) is 7.28. The molecule has 0 aliphatic heterocycles. The predicted octanol–water partition coefficient (Wildman–Crippen LogP) is 4.77. The van der Waals surface area contributed by atoms with Gasteiger partial charge < -0.3 is 5.32 Å². The van der Waals surface area contributed by atoms with E-state index in [0.29, 0.717) is 28.6 Å². The van der Waals surface area contributed by atoms with E-state index < -0.39 is 11.9 Å². The maximum absolute atomic E-state index is 12.7. The molecule has 0 bridgehead atoms. The molecule has 0 saturated carbocycles. The molecule has 0 unspecified atom stereocenters. The number of pyridine rings is 1. The van der Waals surface area contributed by atoms with Gasteiger partial charge in [-0.2, -0.15) is 18.3 Å². The molecule has 0 fully saturated rings. The summed E-state index contributed by atoms with van der Waals surface area (Å²) in [6.45, 7) is 0.496. The van der Waals surface area contributed by atoms with Gasteiger partial charge in [-0.25, -0.2) is 4.98 Å². The first-order chi connectivity index (χ1) is 11.8. The highest BCUT2D eigenvalue weighted by Gasteiger charge is 2.34. The summed E-state index contributed by atoms with van der Waals surface area (Å²) in [6.07, 6.45) is -2.97. The quantitative estimate of drug-likeness (QED) is 0.723. The number of hydrogen-bond donors (Lipinski definition) is 1. The van der Waals surface area contributed by atoms with Crippen LogP contribution < -0.4 is 5.32 Å². The molecule has 1 N–H and O–H groups in total. The highest BCUT2D eigenvalue weighted by Crippen LogP contribution is 2.31. The van der Waals surface area contributed by atoms with Crippen molar-refractivity contribution < 1.29 is 13.2 Å². The van der Waals surface area contributed by atoms with Crippen LogP contribution in [-0.4, -0.2) is 14.8 Å². The summed E-state index contributed by atoms with van der Waals surface area (Å²) < 4.78 is 39.4. The summed E-state index contributed by atoms with van der Waals surface area (Å²) in [4.78, 5) is 4.24. The van der Waals surface area contributed by atoms with Crippen LogP contribution in [0.15, 0.2) is 48.7 Å². The summed E-state index contributed by atoms with van der Waals surface area (Å²) in [5.41, 5.74) is 0.897. The molecule has 25 heavy (non-hydrogen) atoms. The van der Waals surface area contributed by atoms with Crippen molar-refractivity contribution in [1.29, 1.82) is 0 Å². The van der Waals surface area contributed by atoms with E-state index in [9.17, 15) is 13.2 Å². The number of alkyl halides is 3. The number of halogens is 4. The van der Waals surface area contributed by atoms with Gasteiger partial charge in [-0.15, -0.1) is 0 Å². The van der Waals surface area contributed by atoms with Crippen molar-refractivity contribution >= 4 is 17.4 Å². The maximum Gasteiger partial charge on any atom is 0.435 e. The van der Waals surface area contributed by atoms with Crippen molar-refractivity contribution in [3.05, 3.63) is 64.9 Å². The third-order valence-electron chi connectivity index (χ3n) is 3.65. The van der Waals surface area contributed by atoms with E-state index in [2.05, 4.69) is 15.4 Å². The largest absolute Gasteiger partial charge is 0.435 e. The predicted molar refractivity (Wildman–Crippen MR) is 90.2 cm³/mol. The number of nitrogens with one attached hydrogen (secondary N) is 1. The lowest BCUT2D eigenvalue weighted by molar-refractivity contribution is -0.141. The van der Waals surface area contributed by atoms with Gasteiger partial charge in [-0.1, -0.05) is 29.8 Å². The molecule has 2 aromatic heterocycles. The van der Waals surface area contributed by atoms with Crippen LogP contribution in [-0.2, 0) is 19.8 Å². The van der Waals surface area contributed by atoms with Crippen LogP contribution >= 0.6 is 11.6 Å². The third kappa shape index (κ3) is 3.93. The highest BCUT2D eigenvalue weighted by molar-refractivity contribution is 6.31. The van der Waals surface area contributed by atoms with Crippen LogP contribution in [0, 0.1) is 0 Å². The summed E-state index contributed by atoms with van der Waals surface area (Å²) in [7, 11) is 1.47. The van der Waals surface area contributed by atoms with Gasteiger partial charge in [-0.05, 0) is 29.8 Å². The molecule has 4 nitrogen and oxygen atoms in total. The average molecular weight is 367 g/mol. The second kappa shape index (κ2) is 6.76. The van der Waals surface area contributed by atoms with Gasteiger partial charge in [-0.3, -0.25) is 4.68 Å². The molecular weight excluding hydrogens is 353 g/mol. The Labute approximate surface area is 147 Å². The molecule has 0 amide bonds. The van der Waals surface area contributed by atoms with Crippen molar-refractivity contribution in [2.75, 3.05) is 5.32 Å². The van der Waals surface area contributed by atoms with Gasteiger partial charge in [0.1, 0.15) is 5.82 Å². The molecule has 0 aliphatic rings. The summed E-state index contributed by atoms with van der Waals surface area (Å²) >= 11 is 6.09. The fourth-order valence-electron chi connectivity index (χ4n) is 2.35. The number of benzene rings is 1. The van der Waals surface area contributed by atoms with E-state index in [4.69, 9.17) is 11.6 Å². The smallest absolute Gasteiger partial charge is 0.366 e. The van der Waals surface area contributed by atoms with E-state index in [0.717, 1.165) is 11.6 Å². The Hall–Kier alpha value is -2.54. The first kappa shape index (κ1) is 17.3. The standard InChI is InChI=1S/C17H14ClF3N4/c1-25-14(8-15(24-25)17(19,20)21)12-6-7-16(23-10-12)22-9-11-4-2-3-5-13(11)18/h2-8,10H,9H2,1H3,(H,22,23). The Morgan fingerprint density at radius 3 is 2.52 bits per heavy atom. The number of aryl methyl sites for hydroxylation is 1. The Bertz CT molecular complexity index is 872. The topological polar surface area (TPSA) is 42.7 Å². The molecule has 0 radical (unpaired) electrons. The SMILES string of the molecule is Cn1nc(C(F)(F)F)cc1-c1ccc(NCc2ccccc2Cl)nc1. The number of nitrogens with zero attached hydrogens (tertiary/aromatic N) is 3. The van der Waals surface area contributed by atoms with Crippen molar-refractivity contribution in [1.82, 2.24) is 14.8 Å². The summed E-state index contributed by atoms with van der Waals surface area (Å²) in [6, 6.07) is 11.8. The first-order valence-electron chi connectivity index (χ1n) is 7.39. The van der Waals surface area contributed by atoms with Gasteiger partial charge in [0.15, 0.2) is 5.69 Å². The molecular formula is C17H14ClF3N4. The zero-order valence-electron chi connectivity index (χ0n) is 13.2. The van der Waals surface area contributed by atoms with Crippen molar-refractivity contribution in [3.63, 3.8) is 0 Å². The molecule has 130 valence electrons. The minimum atomic E-state index is -4.47. The lowest BCUT2D eigenvalue weighted by atomic mass is 10.2. The zero-order chi connectivity index (χ0) is 18.0. The number of hydrogen-bond acceptors (Lipinski definition) is 3. The van der Waals surface area contributed by atoms with Crippen LogP contribution in [0.1, 0.15) is 11.3 Å². The highest BCUT2D eigenvalue weighted by atomic mass is 35.5. The Morgan fingerprint density at radius 1 is 1.16 bits per heavy atom. The molecule has 0 aliphatic carbocycles. The van der Waals surface area contributed by atoms with E-state index in [1.54, 1.807) is 18.2 Å². The van der Waals surface area contributed by atoms with Crippen molar-refractivity contribution in [2.24, 2.45) is 7.05 Å². The maximum atomic E-state index is 12.7. The second-order valence-corrected chi connectivity index (χ2v) is 5.82. The van der Waals surface area contributed by atoms with E-state index in [1.165, 1.54) is 17.9 Å². The molecule has 0 atom stereocenters. The van der Waals surface area contributed by atoms with Gasteiger partial charge in [0.05, 0.1) is 5.69 Å². The van der Waals surface area contributed by atoms with Gasteiger partial charge >= 0.3 is 6.18 Å². The van der Waals surface area contributed by atoms with Crippen LogP contribution in [0.3, 0.4) is 0 Å². The van der Waals surface area contributed by atoms with Crippen LogP contribution in [0.5, 0.6) is 0 Å². The molecule has 3 aromatic rings. The van der Waals surface area contributed by atoms with Crippen molar-refractivity contribution in [2.45, 2.75) is 12.7 Å². The molecule has 3 rings (SSSR count). The lowest BCUT2D eigenvalue weighted by Crippen LogP contribution is -2.06. The second-order valence-electron chi connectivity index (χ2n) is 5.41. The minimum Gasteiger partial charge on any atom is -0.366 e. The van der Waals surface area contributed by atoms with E-state index in [1.807, 2.05) is 18.2 Å². The van der Waals surface area contributed by atoms with Crippen LogP contribution in [0.4, 0.5) is 19.0 Å². The fraction of sp³-hybridized carbons (Fsp3) is 0.176. The average Bonchev–Trinajstić information content (AvgIpc) is 2.97. The monoisotopic (exact) mass is 366 g/mol. The van der Waals surface area contributed by atoms with Gasteiger partial charge in [0.25, 0.3) is 0 Å². The number of rotatable bonds is 4. The van der Waals surface area contributed by atoms with Gasteiger partial charge in [0.2, 0.25) is 0 Å².